The van der Waals surface area contributed by atoms with Gasteiger partial charge in [0.15, 0.2) is 0 Å². The van der Waals surface area contributed by atoms with Crippen LogP contribution in [0.4, 0.5) is 20.2 Å². The van der Waals surface area contributed by atoms with E-state index in [1.54, 1.807) is 78.9 Å². The minimum Gasteiger partial charge on any atom is -0.870 e. The van der Waals surface area contributed by atoms with Crippen molar-refractivity contribution in [1.29, 1.82) is 0 Å². The first-order chi connectivity index (χ1) is 39.1. The molecule has 8 atom stereocenters. The number of hydrogen-bond donors (Lipinski definition) is 3. The largest absolute Gasteiger partial charge is 1.00 e. The molecule has 22 heteroatoms. The van der Waals surface area contributed by atoms with Gasteiger partial charge in [0.05, 0.1) is 51.4 Å². The fourth-order valence-corrected chi connectivity index (χ4v) is 15.8. The molecule has 2 amide bonds. The van der Waals surface area contributed by atoms with Gasteiger partial charge in [-0.25, -0.2) is 18.4 Å². The zero-order valence-corrected chi connectivity index (χ0v) is 49.6. The number of ether oxygens (including phenoxy) is 1. The quantitative estimate of drug-likeness (QED) is 0.0968. The normalized spacial score (nSPS) is 25.3. The van der Waals surface area contributed by atoms with Crippen LogP contribution in [-0.2, 0) is 38.2 Å². The number of carboxylic acids is 1. The molecule has 6 aliphatic heterocycles. The number of rotatable bonds is 8. The Hall–Kier alpha value is -5.96. The van der Waals surface area contributed by atoms with Crippen molar-refractivity contribution < 1.29 is 72.8 Å². The van der Waals surface area contributed by atoms with Gasteiger partial charge in [0.1, 0.15) is 22.7 Å². The van der Waals surface area contributed by atoms with Crippen LogP contribution in [0.15, 0.2) is 109 Å². The summed E-state index contributed by atoms with van der Waals surface area (Å²) in [6.45, 7) is 1.41. The molecule has 0 radical (unpaired) electrons. The van der Waals surface area contributed by atoms with E-state index in [1.807, 2.05) is 27.6 Å². The molecule has 2 aliphatic carbocycles. The minimum absolute atomic E-state index is 0. The Kier molecular flexibility index (Phi) is 15.7. The Balaban J connectivity index is 0.000000169. The molecular formula is C63H57Cl4F2N8NaO7. The Bertz CT molecular complexity index is 4120. The number of methoxy groups -OCH3 is 1. The van der Waals surface area contributed by atoms with Crippen LogP contribution in [0.5, 0.6) is 0 Å². The van der Waals surface area contributed by atoms with Crippen LogP contribution >= 0.6 is 46.4 Å². The van der Waals surface area contributed by atoms with Crippen LogP contribution in [0.1, 0.15) is 119 Å². The van der Waals surface area contributed by atoms with Gasteiger partial charge in [0, 0.05) is 105 Å². The molecule has 2 saturated heterocycles. The maximum atomic E-state index is 16.1. The number of fused-ring (bicyclic) bond motifs is 14. The van der Waals surface area contributed by atoms with Crippen LogP contribution in [0, 0.1) is 23.5 Å². The van der Waals surface area contributed by atoms with Crippen LogP contribution < -0.4 is 40.2 Å². The van der Waals surface area contributed by atoms with E-state index < -0.39 is 52.5 Å². The number of halogens is 6. The molecule has 4 fully saturated rings. The van der Waals surface area contributed by atoms with E-state index in [4.69, 9.17) is 61.3 Å². The summed E-state index contributed by atoms with van der Waals surface area (Å²) in [5.41, 5.74) is 4.93. The van der Waals surface area contributed by atoms with Gasteiger partial charge >= 0.3 is 41.5 Å². The number of carbonyl (C=O) groups is 4. The number of amides is 2. The summed E-state index contributed by atoms with van der Waals surface area (Å²) in [6, 6.07) is 30.1. The van der Waals surface area contributed by atoms with Crippen molar-refractivity contribution in [2.24, 2.45) is 11.8 Å². The molecule has 15 nitrogen and oxygen atoms in total. The molecule has 2 saturated carbocycles. The van der Waals surface area contributed by atoms with E-state index in [0.29, 0.717) is 86.9 Å². The zero-order chi connectivity index (χ0) is 55.7. The van der Waals surface area contributed by atoms with Crippen molar-refractivity contribution in [2.75, 3.05) is 30.8 Å². The Labute approximate surface area is 530 Å². The summed E-state index contributed by atoms with van der Waals surface area (Å²) < 4.78 is 40.9. The molecule has 2 spiro atoms. The van der Waals surface area contributed by atoms with Gasteiger partial charge in [-0.05, 0) is 109 Å². The molecule has 0 bridgehead atoms. The predicted octanol–water partition coefficient (Wildman–Crippen LogP) is 10.2. The molecule has 434 valence electrons. The number of nitrogens with one attached hydrogen (secondary N) is 2. The van der Waals surface area contributed by atoms with E-state index in [0.717, 1.165) is 59.0 Å². The first kappa shape index (κ1) is 60.7. The van der Waals surface area contributed by atoms with Gasteiger partial charge < -0.3 is 26.0 Å². The van der Waals surface area contributed by atoms with Crippen LogP contribution in [-0.4, -0.2) is 96.0 Å². The number of esters is 1. The summed E-state index contributed by atoms with van der Waals surface area (Å²) in [6.07, 6.45) is 5.58. The van der Waals surface area contributed by atoms with Gasteiger partial charge in [-0.2, -0.15) is 10.2 Å². The predicted molar refractivity (Wildman–Crippen MR) is 317 cm³/mol. The molecule has 16 rings (SSSR count). The average Bonchev–Trinajstić information content (AvgIpc) is 1.52. The van der Waals surface area contributed by atoms with Crippen molar-refractivity contribution in [3.8, 4) is 0 Å². The summed E-state index contributed by atoms with van der Waals surface area (Å²) in [7, 11) is 1.35. The number of carbonyl (C=O) groups excluding carboxylic acids is 3. The molecule has 6 aromatic carbocycles. The second-order valence-electron chi connectivity index (χ2n) is 22.8. The maximum Gasteiger partial charge on any atom is 1.00 e. The fraction of sp³-hybridized carbons (Fsp3) is 0.333. The van der Waals surface area contributed by atoms with Crippen molar-refractivity contribution in [3.63, 3.8) is 0 Å². The zero-order valence-electron chi connectivity index (χ0n) is 44.6. The van der Waals surface area contributed by atoms with Crippen molar-refractivity contribution in [3.05, 3.63) is 186 Å². The summed E-state index contributed by atoms with van der Waals surface area (Å²) >= 11 is 25.4. The fourth-order valence-electron chi connectivity index (χ4n) is 15.1. The van der Waals surface area contributed by atoms with Crippen LogP contribution in [0.25, 0.3) is 21.8 Å². The minimum atomic E-state index is -1.20. The molecule has 85 heavy (non-hydrogen) atoms. The second-order valence-corrected chi connectivity index (χ2v) is 24.5. The molecule has 4 N–H and O–H groups in total. The number of nitrogens with zero attached hydrogens (tertiary/aromatic N) is 6. The average molecular weight is 1240 g/mol. The van der Waals surface area contributed by atoms with E-state index in [2.05, 4.69) is 20.4 Å². The Morgan fingerprint density at radius 2 is 1.06 bits per heavy atom. The van der Waals surface area contributed by atoms with Gasteiger partial charge in [-0.15, -0.1) is 0 Å². The first-order valence-electron chi connectivity index (χ1n) is 27.1. The molecule has 8 aromatic rings. The van der Waals surface area contributed by atoms with Gasteiger partial charge in [-0.3, -0.25) is 28.8 Å². The first-order valence-corrected chi connectivity index (χ1v) is 28.6. The number of aromatic nitrogens is 4. The standard InChI is InChI=1S/C31H25Cl2FN4O3.C30H23Cl2FN4O3.2CH4.Na.H2O/c1-41-29(39)16-7-9-18-22(11-16)36-38-24(18)13-25-28(38)26(19-3-2-4-21(33)27(19)34)31(37(25)14-15-5-6-15)20-10-8-17(32)12-23(20)35-30(31)40;31-16-7-9-19-22(11-16)34-29(40)30(19)25(18-2-1-3-20(32)26(18)33)27-24(36(30)13-14-4-5-14)12-23-17-8-6-15(28(38)39)10-21(17)35-37(23)27;;;;/h2-4,7-12,15,25-26,28H,5-6,13-14H2,1H3,(H,35,40);1-3,6-11,14,24-25,27H,4-5,12-13H2,(H,34,40)(H,38,39);2*1H4;;1H2/q;;;;+1;/p-1/t25-,26-,28+,31+;24-,25-,27+,30+;;;;/m00..../s1. The number of carboxylic acid groups (broad SMARTS) is 1. The summed E-state index contributed by atoms with van der Waals surface area (Å²) in [5.74, 6) is -3.33. The van der Waals surface area contributed by atoms with E-state index in [9.17, 15) is 24.3 Å². The smallest absolute Gasteiger partial charge is 0.870 e. The third-order valence-electron chi connectivity index (χ3n) is 18.6. The van der Waals surface area contributed by atoms with Crippen LogP contribution in [0.2, 0.25) is 20.1 Å². The molecule has 8 heterocycles. The topological polar surface area (TPSA) is 194 Å². The summed E-state index contributed by atoms with van der Waals surface area (Å²) in [5, 5.41) is 28.4. The van der Waals surface area contributed by atoms with Crippen molar-refractivity contribution >= 4 is 103 Å². The molecule has 2 aromatic heterocycles. The van der Waals surface area contributed by atoms with Gasteiger partial charge in [-0.1, -0.05) is 110 Å². The number of anilines is 2. The third-order valence-corrected chi connectivity index (χ3v) is 19.7. The van der Waals surface area contributed by atoms with Crippen molar-refractivity contribution in [2.45, 2.75) is 100 Å². The third kappa shape index (κ3) is 8.83. The SMILES string of the molecule is C.C.COC(=O)c1ccc2c3n(nc2c1)[C@@H]1[C@H](C3)N(CC2CC2)[C@@]2(C(=O)Nc3cc(Cl)ccc32)[C@H]1c1cccc(Cl)c1F.O=C(O)c1ccc2c3n(nc2c1)[C@@H]1[C@H](C3)N(CC2CC2)[C@@]2(C(=O)Nc3cc(Cl)ccc32)[C@H]1c1cccc(Cl)c1F.[Na+].[OH-]. The Morgan fingerprint density at radius 3 is 1.47 bits per heavy atom. The maximum absolute atomic E-state index is 16.1. The molecular weight excluding hydrogens is 1180 g/mol. The van der Waals surface area contributed by atoms with Gasteiger partial charge in [0.25, 0.3) is 0 Å². The van der Waals surface area contributed by atoms with E-state index in [-0.39, 0.29) is 95.4 Å². The van der Waals surface area contributed by atoms with E-state index >= 15 is 8.78 Å². The molecule has 8 aliphatic rings. The van der Waals surface area contributed by atoms with Crippen molar-refractivity contribution in [1.82, 2.24) is 29.4 Å². The number of aromatic carboxylic acids is 1. The van der Waals surface area contributed by atoms with Gasteiger partial charge in [0.2, 0.25) is 11.8 Å². The second kappa shape index (κ2) is 22.0. The number of hydrogen-bond acceptors (Lipinski definition) is 10. The van der Waals surface area contributed by atoms with Crippen LogP contribution in [0.3, 0.4) is 0 Å². The molecule has 0 unspecified atom stereocenters. The Morgan fingerprint density at radius 1 is 0.635 bits per heavy atom. The summed E-state index contributed by atoms with van der Waals surface area (Å²) in [4.78, 5) is 57.3. The number of likely N-dealkylation sites (tertiary alicyclic amines) is 2. The number of benzene rings is 6. The van der Waals surface area contributed by atoms with E-state index in [1.165, 1.54) is 19.2 Å². The monoisotopic (exact) mass is 1240 g/mol.